The number of aliphatic carboxylic acids is 1. The van der Waals surface area contributed by atoms with Crippen LogP contribution in [-0.2, 0) is 9.53 Å². The second-order valence-electron chi connectivity index (χ2n) is 4.55. The van der Waals surface area contributed by atoms with Gasteiger partial charge in [-0.3, -0.25) is 4.79 Å². The minimum atomic E-state index is -3.59. The molecule has 1 heterocycles. The van der Waals surface area contributed by atoms with Crippen LogP contribution in [0.15, 0.2) is 0 Å². The van der Waals surface area contributed by atoms with E-state index in [0.29, 0.717) is 0 Å². The number of carbonyl (C=O) groups is 1. The summed E-state index contributed by atoms with van der Waals surface area (Å²) in [6.45, 7) is -0.740. The lowest BCUT2D eigenvalue weighted by molar-refractivity contribution is -0.241. The van der Waals surface area contributed by atoms with Gasteiger partial charge in [0.15, 0.2) is 0 Å². The van der Waals surface area contributed by atoms with Crippen molar-refractivity contribution in [3.05, 3.63) is 0 Å². The zero-order valence-corrected chi connectivity index (χ0v) is 9.95. The fraction of sp³-hybridized carbons (Fsp3) is 0.900. The summed E-state index contributed by atoms with van der Waals surface area (Å²) in [5.41, 5.74) is 5.04. The van der Waals surface area contributed by atoms with Gasteiger partial charge in [0.25, 0.3) is 5.92 Å². The maximum atomic E-state index is 13.8. The van der Waals surface area contributed by atoms with Crippen LogP contribution in [0.4, 0.5) is 8.78 Å². The lowest BCUT2D eigenvalue weighted by Crippen LogP contribution is -2.56. The summed E-state index contributed by atoms with van der Waals surface area (Å²) >= 11 is 0. The third-order valence-corrected chi connectivity index (χ3v) is 3.03. The van der Waals surface area contributed by atoms with Gasteiger partial charge < -0.3 is 30.9 Å². The molecule has 2 unspecified atom stereocenters. The molecule has 1 aliphatic rings. The highest BCUT2D eigenvalue weighted by Crippen LogP contribution is 2.34. The third kappa shape index (κ3) is 3.80. The van der Waals surface area contributed by atoms with Crippen molar-refractivity contribution in [3.8, 4) is 0 Å². The molecule has 0 aromatic rings. The number of alkyl halides is 2. The summed E-state index contributed by atoms with van der Waals surface area (Å²) in [6, 6.07) is -1.77. The van der Waals surface area contributed by atoms with E-state index in [1.807, 2.05) is 0 Å². The Kier molecular flexibility index (Phi) is 5.16. The molecule has 9 heteroatoms. The largest absolute Gasteiger partial charge is 0.480 e. The molecule has 0 radical (unpaired) electrons. The highest BCUT2D eigenvalue weighted by molar-refractivity contribution is 5.73. The number of halogens is 2. The molecule has 0 amide bonds. The van der Waals surface area contributed by atoms with Crippen LogP contribution in [0.3, 0.4) is 0 Å². The van der Waals surface area contributed by atoms with Crippen LogP contribution in [0, 0.1) is 0 Å². The van der Waals surface area contributed by atoms with Crippen LogP contribution < -0.4 is 5.73 Å². The third-order valence-electron chi connectivity index (χ3n) is 3.03. The highest BCUT2D eigenvalue weighted by atomic mass is 19.3. The number of aliphatic hydroxyl groups excluding tert-OH is 3. The van der Waals surface area contributed by atoms with Crippen molar-refractivity contribution >= 4 is 5.97 Å². The van der Waals surface area contributed by atoms with E-state index in [1.165, 1.54) is 0 Å². The molecule has 7 nitrogen and oxygen atoms in total. The van der Waals surface area contributed by atoms with E-state index in [4.69, 9.17) is 20.7 Å². The molecule has 0 aliphatic carbocycles. The van der Waals surface area contributed by atoms with Crippen LogP contribution in [0.25, 0.3) is 0 Å². The quantitative estimate of drug-likeness (QED) is 0.406. The molecule has 1 saturated heterocycles. The first-order chi connectivity index (χ1) is 8.69. The van der Waals surface area contributed by atoms with Crippen molar-refractivity contribution in [2.24, 2.45) is 5.73 Å². The van der Waals surface area contributed by atoms with Gasteiger partial charge in [-0.05, 0) is 0 Å². The average molecular weight is 285 g/mol. The number of carboxylic acid groups (broad SMARTS) is 1. The second kappa shape index (κ2) is 6.06. The van der Waals surface area contributed by atoms with Gasteiger partial charge in [-0.15, -0.1) is 0 Å². The first-order valence-corrected chi connectivity index (χ1v) is 5.67. The van der Waals surface area contributed by atoms with E-state index in [2.05, 4.69) is 0 Å². The molecule has 112 valence electrons. The second-order valence-corrected chi connectivity index (χ2v) is 4.55. The zero-order chi connectivity index (χ0) is 14.8. The first-order valence-electron chi connectivity index (χ1n) is 5.67. The first kappa shape index (κ1) is 16.2. The lowest BCUT2D eigenvalue weighted by Gasteiger charge is -2.39. The molecule has 1 aliphatic heterocycles. The smallest absolute Gasteiger partial charge is 0.320 e. The molecule has 0 aromatic carbocycles. The van der Waals surface area contributed by atoms with E-state index in [1.54, 1.807) is 0 Å². The number of hydrogen-bond acceptors (Lipinski definition) is 6. The van der Waals surface area contributed by atoms with E-state index < -0.39 is 61.8 Å². The molecular weight excluding hydrogens is 268 g/mol. The number of aliphatic hydroxyl groups is 3. The lowest BCUT2D eigenvalue weighted by atomic mass is 9.92. The Morgan fingerprint density at radius 3 is 2.53 bits per heavy atom. The Bertz CT molecular complexity index is 329. The normalized spacial score (nSPS) is 34.0. The fourth-order valence-corrected chi connectivity index (χ4v) is 1.89. The average Bonchev–Trinajstić information content (AvgIpc) is 2.31. The Morgan fingerprint density at radius 2 is 2.05 bits per heavy atom. The molecule has 0 saturated carbocycles. The molecule has 19 heavy (non-hydrogen) atoms. The monoisotopic (exact) mass is 285 g/mol. The summed E-state index contributed by atoms with van der Waals surface area (Å²) in [4.78, 5) is 10.5. The predicted octanol–water partition coefficient (Wildman–Crippen LogP) is -1.70. The van der Waals surface area contributed by atoms with Crippen LogP contribution >= 0.6 is 0 Å². The molecular formula is C10H17F2NO6. The van der Waals surface area contributed by atoms with Crippen molar-refractivity contribution in [1.82, 2.24) is 0 Å². The number of hydrogen-bond donors (Lipinski definition) is 5. The zero-order valence-electron chi connectivity index (χ0n) is 9.95. The molecule has 0 bridgehead atoms. The Balaban J connectivity index is 2.75. The summed E-state index contributed by atoms with van der Waals surface area (Å²) in [5.74, 6) is -5.17. The van der Waals surface area contributed by atoms with Gasteiger partial charge in [0.05, 0.1) is 12.7 Å². The van der Waals surface area contributed by atoms with Gasteiger partial charge in [0, 0.05) is 12.8 Å². The molecule has 1 rings (SSSR count). The van der Waals surface area contributed by atoms with Gasteiger partial charge in [0.1, 0.15) is 24.4 Å². The molecule has 0 aromatic heterocycles. The van der Waals surface area contributed by atoms with Gasteiger partial charge in [-0.25, -0.2) is 8.78 Å². The summed E-state index contributed by atoms with van der Waals surface area (Å²) in [7, 11) is 0. The van der Waals surface area contributed by atoms with Crippen LogP contribution in [-0.4, -0.2) is 69.4 Å². The highest BCUT2D eigenvalue weighted by Gasteiger charge is 2.49. The van der Waals surface area contributed by atoms with Crippen molar-refractivity contribution < 1.29 is 38.7 Å². The standard InChI is InChI=1S/C10H17F2NO6/c11-10(12,2-4(13)9(17)18)7-1-5(15)8(16)6(3-14)19-7/h4-8,14-16H,1-3,13H2,(H,17,18)/t4?,5-,6?,7+,8-/m1/s1. The van der Waals surface area contributed by atoms with Gasteiger partial charge in [-0.1, -0.05) is 0 Å². The van der Waals surface area contributed by atoms with Crippen molar-refractivity contribution in [2.75, 3.05) is 6.61 Å². The summed E-state index contributed by atoms with van der Waals surface area (Å²) in [6.07, 6.45) is -7.84. The SMILES string of the molecule is NC(CC(F)(F)[C@@H]1C[C@@H](O)[C@@H](O)C(CO)O1)C(=O)O. The van der Waals surface area contributed by atoms with Crippen molar-refractivity contribution in [3.63, 3.8) is 0 Å². The van der Waals surface area contributed by atoms with Gasteiger partial charge in [-0.2, -0.15) is 0 Å². The number of nitrogens with two attached hydrogens (primary N) is 1. The van der Waals surface area contributed by atoms with Gasteiger partial charge >= 0.3 is 5.97 Å². The minimum Gasteiger partial charge on any atom is -0.480 e. The molecule has 5 atom stereocenters. The molecule has 0 spiro atoms. The topological polar surface area (TPSA) is 133 Å². The van der Waals surface area contributed by atoms with Crippen LogP contribution in [0.2, 0.25) is 0 Å². The number of rotatable bonds is 5. The van der Waals surface area contributed by atoms with Crippen molar-refractivity contribution in [2.45, 2.75) is 49.2 Å². The van der Waals surface area contributed by atoms with Crippen LogP contribution in [0.5, 0.6) is 0 Å². The Morgan fingerprint density at radius 1 is 1.47 bits per heavy atom. The predicted molar refractivity (Wildman–Crippen MR) is 57.6 cm³/mol. The Hall–Kier alpha value is -0.870. The van der Waals surface area contributed by atoms with E-state index in [-0.39, 0.29) is 0 Å². The van der Waals surface area contributed by atoms with Crippen molar-refractivity contribution in [1.29, 1.82) is 0 Å². The minimum absolute atomic E-state index is 0.572. The van der Waals surface area contributed by atoms with Gasteiger partial charge in [0.2, 0.25) is 0 Å². The van der Waals surface area contributed by atoms with E-state index in [9.17, 15) is 23.8 Å². The molecule has 1 fully saturated rings. The van der Waals surface area contributed by atoms with Crippen LogP contribution in [0.1, 0.15) is 12.8 Å². The fourth-order valence-electron chi connectivity index (χ4n) is 1.89. The molecule has 6 N–H and O–H groups in total. The summed E-state index contributed by atoms with van der Waals surface area (Å²) in [5, 5.41) is 36.2. The maximum absolute atomic E-state index is 13.8. The number of ether oxygens (including phenoxy) is 1. The maximum Gasteiger partial charge on any atom is 0.320 e. The van der Waals surface area contributed by atoms with E-state index in [0.717, 1.165) is 0 Å². The summed E-state index contributed by atoms with van der Waals surface area (Å²) < 4.78 is 32.4. The number of carboxylic acids is 1. The Labute approximate surface area is 107 Å². The van der Waals surface area contributed by atoms with E-state index >= 15 is 0 Å².